The zero-order valence-corrected chi connectivity index (χ0v) is 14.3. The molecule has 0 aliphatic rings. The van der Waals surface area contributed by atoms with E-state index in [9.17, 15) is 14.4 Å². The second kappa shape index (κ2) is 8.05. The van der Waals surface area contributed by atoms with Crippen molar-refractivity contribution in [2.45, 2.75) is 20.8 Å². The number of pyridine rings is 1. The number of benzene rings is 1. The Morgan fingerprint density at radius 2 is 1.56 bits per heavy atom. The van der Waals surface area contributed by atoms with Crippen molar-refractivity contribution in [1.82, 2.24) is 15.8 Å². The van der Waals surface area contributed by atoms with Gasteiger partial charge >= 0.3 is 5.97 Å². The average molecular weight is 341 g/mol. The number of amides is 2. The molecule has 1 aromatic carbocycles. The quantitative estimate of drug-likeness (QED) is 0.654. The monoisotopic (exact) mass is 341 g/mol. The summed E-state index contributed by atoms with van der Waals surface area (Å²) in [6.07, 6.45) is 0. The number of esters is 1. The van der Waals surface area contributed by atoms with Crippen molar-refractivity contribution in [1.29, 1.82) is 0 Å². The molecule has 25 heavy (non-hydrogen) atoms. The van der Waals surface area contributed by atoms with Crippen molar-refractivity contribution < 1.29 is 19.1 Å². The minimum absolute atomic E-state index is 0.182. The maximum atomic E-state index is 12.3. The van der Waals surface area contributed by atoms with Crippen LogP contribution in [0.25, 0.3) is 0 Å². The number of carbonyl (C=O) groups excluding carboxylic acids is 3. The summed E-state index contributed by atoms with van der Waals surface area (Å²) in [5.41, 5.74) is 6.38. The van der Waals surface area contributed by atoms with E-state index in [1.54, 1.807) is 51.1 Å². The van der Waals surface area contributed by atoms with Gasteiger partial charge in [0.1, 0.15) is 0 Å². The minimum atomic E-state index is -0.570. The van der Waals surface area contributed by atoms with Crippen molar-refractivity contribution in [2.75, 3.05) is 6.61 Å². The number of aromatic nitrogens is 1. The molecule has 0 radical (unpaired) electrons. The van der Waals surface area contributed by atoms with Gasteiger partial charge in [0.15, 0.2) is 0 Å². The third kappa shape index (κ3) is 4.41. The van der Waals surface area contributed by atoms with Crippen LogP contribution in [0.3, 0.4) is 0 Å². The van der Waals surface area contributed by atoms with Crippen LogP contribution in [0.15, 0.2) is 36.4 Å². The number of hydrogen-bond acceptors (Lipinski definition) is 5. The van der Waals surface area contributed by atoms with Crippen molar-refractivity contribution in [3.63, 3.8) is 0 Å². The molecule has 1 aromatic heterocycles. The standard InChI is InChI=1S/C18H19N3O4/c1-4-25-18(24)15-10-14(11(2)19-12(15)3)17(23)21-20-16(22)13-8-6-5-7-9-13/h5-10H,4H2,1-3H3,(H,20,22)(H,21,23). The Morgan fingerprint density at radius 1 is 0.960 bits per heavy atom. The number of aryl methyl sites for hydroxylation is 2. The molecule has 0 unspecified atom stereocenters. The predicted molar refractivity (Wildman–Crippen MR) is 91.0 cm³/mol. The van der Waals surface area contributed by atoms with E-state index in [0.717, 1.165) is 0 Å². The van der Waals surface area contributed by atoms with Crippen molar-refractivity contribution in [2.24, 2.45) is 0 Å². The number of rotatable bonds is 4. The van der Waals surface area contributed by atoms with Gasteiger partial charge in [0, 0.05) is 5.56 Å². The summed E-state index contributed by atoms with van der Waals surface area (Å²) in [5.74, 6) is -1.56. The van der Waals surface area contributed by atoms with E-state index in [4.69, 9.17) is 4.74 Å². The third-order valence-electron chi connectivity index (χ3n) is 3.47. The fourth-order valence-electron chi connectivity index (χ4n) is 2.21. The van der Waals surface area contributed by atoms with Gasteiger partial charge in [-0.3, -0.25) is 25.4 Å². The van der Waals surface area contributed by atoms with Crippen molar-refractivity contribution in [3.8, 4) is 0 Å². The molecule has 0 atom stereocenters. The molecule has 2 amide bonds. The second-order valence-electron chi connectivity index (χ2n) is 5.25. The minimum Gasteiger partial charge on any atom is -0.462 e. The summed E-state index contributed by atoms with van der Waals surface area (Å²) in [6, 6.07) is 9.89. The van der Waals surface area contributed by atoms with Gasteiger partial charge in [-0.05, 0) is 39.0 Å². The molecule has 7 heteroatoms. The Morgan fingerprint density at radius 3 is 2.20 bits per heavy atom. The van der Waals surface area contributed by atoms with Crippen LogP contribution >= 0.6 is 0 Å². The maximum Gasteiger partial charge on any atom is 0.339 e. The van der Waals surface area contributed by atoms with Crippen LogP contribution in [-0.2, 0) is 4.74 Å². The average Bonchev–Trinajstić information content (AvgIpc) is 2.60. The van der Waals surface area contributed by atoms with Crippen LogP contribution < -0.4 is 10.9 Å². The zero-order valence-electron chi connectivity index (χ0n) is 14.3. The summed E-state index contributed by atoms with van der Waals surface area (Å²) >= 11 is 0. The summed E-state index contributed by atoms with van der Waals surface area (Å²) in [7, 11) is 0. The molecule has 1 heterocycles. The first-order valence-electron chi connectivity index (χ1n) is 7.75. The van der Waals surface area contributed by atoms with E-state index in [-0.39, 0.29) is 17.7 Å². The molecule has 0 spiro atoms. The highest BCUT2D eigenvalue weighted by Crippen LogP contribution is 2.14. The van der Waals surface area contributed by atoms with Crippen LogP contribution in [-0.4, -0.2) is 29.4 Å². The number of nitrogens with one attached hydrogen (secondary N) is 2. The number of carbonyl (C=O) groups is 3. The van der Waals surface area contributed by atoms with Gasteiger partial charge in [-0.1, -0.05) is 18.2 Å². The lowest BCUT2D eigenvalue weighted by Gasteiger charge is -2.12. The maximum absolute atomic E-state index is 12.3. The Balaban J connectivity index is 2.14. The van der Waals surface area contributed by atoms with Gasteiger partial charge in [0.2, 0.25) is 0 Å². The normalized spacial score (nSPS) is 10.0. The zero-order chi connectivity index (χ0) is 18.4. The van der Waals surface area contributed by atoms with E-state index in [1.807, 2.05) is 0 Å². The lowest BCUT2D eigenvalue weighted by Crippen LogP contribution is -2.42. The first-order chi connectivity index (χ1) is 11.9. The molecule has 0 bridgehead atoms. The number of ether oxygens (including phenoxy) is 1. The van der Waals surface area contributed by atoms with Gasteiger partial charge < -0.3 is 4.74 Å². The van der Waals surface area contributed by atoms with E-state index in [0.29, 0.717) is 17.0 Å². The smallest absolute Gasteiger partial charge is 0.339 e. The van der Waals surface area contributed by atoms with Gasteiger partial charge in [-0.15, -0.1) is 0 Å². The van der Waals surface area contributed by atoms with Crippen LogP contribution in [0.5, 0.6) is 0 Å². The molecule has 0 saturated carbocycles. The van der Waals surface area contributed by atoms with Gasteiger partial charge in [0.05, 0.1) is 29.1 Å². The Labute approximate surface area is 145 Å². The van der Waals surface area contributed by atoms with Gasteiger partial charge in [-0.25, -0.2) is 4.79 Å². The molecule has 2 rings (SSSR count). The van der Waals surface area contributed by atoms with Crippen molar-refractivity contribution >= 4 is 17.8 Å². The summed E-state index contributed by atoms with van der Waals surface area (Å²) < 4.78 is 4.96. The molecule has 7 nitrogen and oxygen atoms in total. The molecule has 0 aliphatic carbocycles. The third-order valence-corrected chi connectivity index (χ3v) is 3.47. The molecular formula is C18H19N3O4. The van der Waals surface area contributed by atoms with Crippen LogP contribution in [0.2, 0.25) is 0 Å². The second-order valence-corrected chi connectivity index (χ2v) is 5.25. The van der Waals surface area contributed by atoms with E-state index < -0.39 is 17.8 Å². The summed E-state index contributed by atoms with van der Waals surface area (Å²) in [4.78, 5) is 40.4. The number of hydrogen-bond donors (Lipinski definition) is 2. The van der Waals surface area contributed by atoms with E-state index in [1.165, 1.54) is 6.07 Å². The highest BCUT2D eigenvalue weighted by molar-refractivity contribution is 6.01. The molecule has 0 fully saturated rings. The van der Waals surface area contributed by atoms with Crippen LogP contribution in [0.1, 0.15) is 49.4 Å². The van der Waals surface area contributed by atoms with Crippen LogP contribution in [0.4, 0.5) is 0 Å². The highest BCUT2D eigenvalue weighted by atomic mass is 16.5. The molecule has 2 aromatic rings. The van der Waals surface area contributed by atoms with Crippen LogP contribution in [0, 0.1) is 13.8 Å². The molecule has 2 N–H and O–H groups in total. The highest BCUT2D eigenvalue weighted by Gasteiger charge is 2.18. The van der Waals surface area contributed by atoms with Gasteiger partial charge in [-0.2, -0.15) is 0 Å². The van der Waals surface area contributed by atoms with E-state index >= 15 is 0 Å². The fraction of sp³-hybridized carbons (Fsp3) is 0.222. The van der Waals surface area contributed by atoms with Gasteiger partial charge in [0.25, 0.3) is 11.8 Å². The SMILES string of the molecule is CCOC(=O)c1cc(C(=O)NNC(=O)c2ccccc2)c(C)nc1C. The summed E-state index contributed by atoms with van der Waals surface area (Å²) in [5, 5.41) is 0. The number of hydrazine groups is 1. The lowest BCUT2D eigenvalue weighted by atomic mass is 10.1. The molecule has 130 valence electrons. The topological polar surface area (TPSA) is 97.4 Å². The molecular weight excluding hydrogens is 322 g/mol. The first kappa shape index (κ1) is 18.1. The summed E-state index contributed by atoms with van der Waals surface area (Å²) in [6.45, 7) is 5.23. The largest absolute Gasteiger partial charge is 0.462 e. The first-order valence-corrected chi connectivity index (χ1v) is 7.75. The van der Waals surface area contributed by atoms with Crippen molar-refractivity contribution in [3.05, 3.63) is 64.5 Å². The Kier molecular flexibility index (Phi) is 5.84. The number of nitrogens with zero attached hydrogens (tertiary/aromatic N) is 1. The fourth-order valence-corrected chi connectivity index (χ4v) is 2.21. The predicted octanol–water partition coefficient (Wildman–Crippen LogP) is 1.95. The molecule has 0 aliphatic heterocycles. The Hall–Kier alpha value is -3.22. The molecule has 0 saturated heterocycles. The lowest BCUT2D eigenvalue weighted by molar-refractivity contribution is 0.0524. The Bertz CT molecular complexity index is 803. The van der Waals surface area contributed by atoms with E-state index in [2.05, 4.69) is 15.8 Å².